The monoisotopic (exact) mass is 252 g/mol. The van der Waals surface area contributed by atoms with E-state index in [-0.39, 0.29) is 23.7 Å². The average molecular weight is 253 g/mol. The van der Waals surface area contributed by atoms with E-state index in [1.54, 1.807) is 7.11 Å². The average Bonchev–Trinajstić information content (AvgIpc) is 2.14. The number of nitrogens with two attached hydrogens (primary N) is 1. The maximum atomic E-state index is 11.6. The normalized spacial score (nSPS) is 12.8. The molecular weight excluding hydrogens is 228 g/mol. The van der Waals surface area contributed by atoms with Crippen molar-refractivity contribution in [3.8, 4) is 0 Å². The highest BCUT2D eigenvalue weighted by molar-refractivity contribution is 5.85. The summed E-state index contributed by atoms with van der Waals surface area (Å²) in [5.41, 5.74) is 5.61. The molecule has 0 saturated carbocycles. The van der Waals surface area contributed by atoms with E-state index in [4.69, 9.17) is 10.5 Å². The zero-order valence-corrected chi connectivity index (χ0v) is 11.5. The van der Waals surface area contributed by atoms with Gasteiger partial charge in [-0.1, -0.05) is 20.8 Å². The largest absolute Gasteiger partial charge is 0.385 e. The highest BCUT2D eigenvalue weighted by atomic mass is 35.5. The molecule has 0 unspecified atom stereocenters. The van der Waals surface area contributed by atoms with E-state index in [2.05, 4.69) is 5.32 Å². The Labute approximate surface area is 105 Å². The first-order chi connectivity index (χ1) is 6.89. The Morgan fingerprint density at radius 1 is 1.38 bits per heavy atom. The first-order valence-electron chi connectivity index (χ1n) is 5.42. The number of unbranched alkanes of at least 4 members (excludes halogenated alkanes) is 1. The summed E-state index contributed by atoms with van der Waals surface area (Å²) in [6, 6.07) is -0.445. The Bertz CT molecular complexity index is 193. The lowest BCUT2D eigenvalue weighted by Gasteiger charge is -2.25. The minimum absolute atomic E-state index is 0. The highest BCUT2D eigenvalue weighted by Gasteiger charge is 2.26. The summed E-state index contributed by atoms with van der Waals surface area (Å²) >= 11 is 0. The summed E-state index contributed by atoms with van der Waals surface area (Å²) in [6.45, 7) is 7.29. The lowest BCUT2D eigenvalue weighted by Crippen LogP contribution is -2.48. The Balaban J connectivity index is 0. The van der Waals surface area contributed by atoms with Crippen LogP contribution < -0.4 is 11.1 Å². The number of carbonyl (C=O) groups excluding carboxylic acids is 1. The van der Waals surface area contributed by atoms with Gasteiger partial charge in [0.25, 0.3) is 0 Å². The maximum Gasteiger partial charge on any atom is 0.237 e. The molecule has 0 aromatic heterocycles. The van der Waals surface area contributed by atoms with Gasteiger partial charge in [0.15, 0.2) is 0 Å². The first kappa shape index (κ1) is 18.1. The van der Waals surface area contributed by atoms with Crippen molar-refractivity contribution < 1.29 is 9.53 Å². The van der Waals surface area contributed by atoms with Gasteiger partial charge in [0.1, 0.15) is 0 Å². The molecule has 0 aromatic rings. The fraction of sp³-hybridized carbons (Fsp3) is 0.909. The van der Waals surface area contributed by atoms with Crippen LogP contribution in [0.1, 0.15) is 33.6 Å². The number of ether oxygens (including phenoxy) is 1. The van der Waals surface area contributed by atoms with Crippen molar-refractivity contribution in [3.63, 3.8) is 0 Å². The van der Waals surface area contributed by atoms with E-state index in [0.29, 0.717) is 6.54 Å². The number of hydrogen-bond acceptors (Lipinski definition) is 3. The lowest BCUT2D eigenvalue weighted by molar-refractivity contribution is -0.124. The van der Waals surface area contributed by atoms with Gasteiger partial charge in [-0.15, -0.1) is 12.4 Å². The van der Waals surface area contributed by atoms with Crippen LogP contribution in [0.4, 0.5) is 0 Å². The summed E-state index contributed by atoms with van der Waals surface area (Å²) in [5, 5.41) is 2.83. The second-order valence-corrected chi connectivity index (χ2v) is 4.83. The standard InChI is InChI=1S/C11H24N2O2.ClH/c1-11(2,3)9(12)10(14)13-7-5-6-8-15-4;/h9H,5-8,12H2,1-4H3,(H,13,14);1H/t9-;/m1./s1. The second-order valence-electron chi connectivity index (χ2n) is 4.83. The molecule has 1 atom stereocenters. The fourth-order valence-corrected chi connectivity index (χ4v) is 1.09. The molecule has 0 bridgehead atoms. The minimum Gasteiger partial charge on any atom is -0.385 e. The summed E-state index contributed by atoms with van der Waals surface area (Å²) in [7, 11) is 1.67. The Morgan fingerprint density at radius 3 is 2.38 bits per heavy atom. The molecule has 0 heterocycles. The van der Waals surface area contributed by atoms with Crippen LogP contribution in [0, 0.1) is 5.41 Å². The SMILES string of the molecule is COCCCCNC(=O)[C@@H](N)C(C)(C)C.Cl. The van der Waals surface area contributed by atoms with Gasteiger partial charge in [-0.25, -0.2) is 0 Å². The molecule has 5 heteroatoms. The van der Waals surface area contributed by atoms with Crippen LogP contribution in [0.15, 0.2) is 0 Å². The van der Waals surface area contributed by atoms with E-state index in [0.717, 1.165) is 19.4 Å². The van der Waals surface area contributed by atoms with E-state index >= 15 is 0 Å². The molecule has 0 saturated heterocycles. The summed E-state index contributed by atoms with van der Waals surface area (Å²) < 4.78 is 4.91. The third kappa shape index (κ3) is 7.91. The summed E-state index contributed by atoms with van der Waals surface area (Å²) in [4.78, 5) is 11.6. The highest BCUT2D eigenvalue weighted by Crippen LogP contribution is 2.16. The molecule has 16 heavy (non-hydrogen) atoms. The van der Waals surface area contributed by atoms with Crippen molar-refractivity contribution in [2.75, 3.05) is 20.3 Å². The molecular formula is C11H25ClN2O2. The number of methoxy groups -OCH3 is 1. The van der Waals surface area contributed by atoms with E-state index in [9.17, 15) is 4.79 Å². The fourth-order valence-electron chi connectivity index (χ4n) is 1.09. The van der Waals surface area contributed by atoms with Gasteiger partial charge in [-0.2, -0.15) is 0 Å². The van der Waals surface area contributed by atoms with Gasteiger partial charge in [0.2, 0.25) is 5.91 Å². The van der Waals surface area contributed by atoms with Crippen molar-refractivity contribution in [3.05, 3.63) is 0 Å². The van der Waals surface area contributed by atoms with Crippen molar-refractivity contribution in [1.82, 2.24) is 5.32 Å². The Hall–Kier alpha value is -0.320. The topological polar surface area (TPSA) is 64.3 Å². The number of rotatable bonds is 6. The predicted octanol–water partition coefficient (Wildman–Crippen LogP) is 1.32. The minimum atomic E-state index is -0.445. The Morgan fingerprint density at radius 2 is 1.94 bits per heavy atom. The first-order valence-corrected chi connectivity index (χ1v) is 5.42. The van der Waals surface area contributed by atoms with Crippen molar-refractivity contribution in [2.24, 2.45) is 11.1 Å². The molecule has 0 spiro atoms. The van der Waals surface area contributed by atoms with Crippen LogP contribution in [0.25, 0.3) is 0 Å². The molecule has 4 nitrogen and oxygen atoms in total. The van der Waals surface area contributed by atoms with E-state index in [1.165, 1.54) is 0 Å². The van der Waals surface area contributed by atoms with Crippen LogP contribution in [-0.2, 0) is 9.53 Å². The third-order valence-corrected chi connectivity index (χ3v) is 2.29. The summed E-state index contributed by atoms with van der Waals surface area (Å²) in [5.74, 6) is -0.0695. The van der Waals surface area contributed by atoms with Gasteiger partial charge in [-0.3, -0.25) is 4.79 Å². The molecule has 0 aliphatic heterocycles. The second kappa shape index (κ2) is 8.79. The molecule has 3 N–H and O–H groups in total. The molecule has 0 aliphatic rings. The van der Waals surface area contributed by atoms with Crippen molar-refractivity contribution in [1.29, 1.82) is 0 Å². The molecule has 0 radical (unpaired) electrons. The van der Waals surface area contributed by atoms with Crippen LogP contribution >= 0.6 is 12.4 Å². The molecule has 0 aromatic carbocycles. The number of nitrogens with one attached hydrogen (secondary N) is 1. The van der Waals surface area contributed by atoms with Crippen molar-refractivity contribution >= 4 is 18.3 Å². The quantitative estimate of drug-likeness (QED) is 0.701. The zero-order chi connectivity index (χ0) is 11.9. The molecule has 1 amide bonds. The number of amides is 1. The maximum absolute atomic E-state index is 11.6. The van der Waals surface area contributed by atoms with Crippen LogP contribution in [0.5, 0.6) is 0 Å². The van der Waals surface area contributed by atoms with Gasteiger partial charge >= 0.3 is 0 Å². The number of hydrogen-bond donors (Lipinski definition) is 2. The third-order valence-electron chi connectivity index (χ3n) is 2.29. The zero-order valence-electron chi connectivity index (χ0n) is 10.7. The van der Waals surface area contributed by atoms with Crippen LogP contribution in [0.2, 0.25) is 0 Å². The summed E-state index contributed by atoms with van der Waals surface area (Å²) in [6.07, 6.45) is 1.89. The van der Waals surface area contributed by atoms with Gasteiger partial charge in [-0.05, 0) is 18.3 Å². The Kier molecular flexibility index (Phi) is 9.92. The smallest absolute Gasteiger partial charge is 0.237 e. The van der Waals surface area contributed by atoms with E-state index in [1.807, 2.05) is 20.8 Å². The van der Waals surface area contributed by atoms with Gasteiger partial charge in [0.05, 0.1) is 6.04 Å². The molecule has 0 fully saturated rings. The van der Waals surface area contributed by atoms with Crippen LogP contribution in [0.3, 0.4) is 0 Å². The van der Waals surface area contributed by atoms with Crippen molar-refractivity contribution in [2.45, 2.75) is 39.7 Å². The molecule has 98 valence electrons. The molecule has 0 aliphatic carbocycles. The predicted molar refractivity (Wildman–Crippen MR) is 68.8 cm³/mol. The van der Waals surface area contributed by atoms with Gasteiger partial charge < -0.3 is 15.8 Å². The van der Waals surface area contributed by atoms with E-state index < -0.39 is 6.04 Å². The lowest BCUT2D eigenvalue weighted by atomic mass is 9.87. The number of halogens is 1. The molecule has 0 rings (SSSR count). The van der Waals surface area contributed by atoms with Gasteiger partial charge in [0, 0.05) is 20.3 Å². The number of carbonyl (C=O) groups is 1. The van der Waals surface area contributed by atoms with Crippen LogP contribution in [-0.4, -0.2) is 32.2 Å².